The standard InChI is InChI=1S/C17H28N2O/c1-4-13-6-8-14(9-7-13)19(3)15-10-11-16(18-12-15)17(20)5-2/h10-14,17,20H,4-9H2,1-3H3/t13?,14?,17-/m1/s1. The Morgan fingerprint density at radius 1 is 1.25 bits per heavy atom. The molecule has 0 amide bonds. The van der Waals surface area contributed by atoms with Crippen LogP contribution in [0.5, 0.6) is 0 Å². The Balaban J connectivity index is 1.97. The lowest BCUT2D eigenvalue weighted by Crippen LogP contribution is -2.35. The molecule has 1 aliphatic carbocycles. The summed E-state index contributed by atoms with van der Waals surface area (Å²) in [5.41, 5.74) is 1.94. The van der Waals surface area contributed by atoms with Gasteiger partial charge in [0.15, 0.2) is 0 Å². The Morgan fingerprint density at radius 2 is 1.95 bits per heavy atom. The molecular weight excluding hydrogens is 248 g/mol. The van der Waals surface area contributed by atoms with Crippen LogP contribution in [0, 0.1) is 5.92 Å². The molecule has 1 aromatic rings. The number of hydrogen-bond donors (Lipinski definition) is 1. The van der Waals surface area contributed by atoms with Crippen molar-refractivity contribution in [1.29, 1.82) is 0 Å². The van der Waals surface area contributed by atoms with Crippen molar-refractivity contribution in [2.45, 2.75) is 64.5 Å². The van der Waals surface area contributed by atoms with Crippen LogP contribution in [0.1, 0.15) is 64.2 Å². The van der Waals surface area contributed by atoms with Gasteiger partial charge in [-0.3, -0.25) is 4.98 Å². The van der Waals surface area contributed by atoms with Crippen LogP contribution in [0.25, 0.3) is 0 Å². The van der Waals surface area contributed by atoms with Crippen LogP contribution in [-0.2, 0) is 0 Å². The molecule has 0 saturated heterocycles. The van der Waals surface area contributed by atoms with Gasteiger partial charge in [0.2, 0.25) is 0 Å². The number of anilines is 1. The summed E-state index contributed by atoms with van der Waals surface area (Å²) in [5.74, 6) is 0.930. The molecule has 1 saturated carbocycles. The zero-order valence-corrected chi connectivity index (χ0v) is 13.0. The maximum absolute atomic E-state index is 9.79. The molecule has 1 fully saturated rings. The molecule has 1 heterocycles. The number of aliphatic hydroxyl groups excluding tert-OH is 1. The second-order valence-corrected chi connectivity index (χ2v) is 6.06. The number of aromatic nitrogens is 1. The Labute approximate surface area is 123 Å². The third-order valence-corrected chi connectivity index (χ3v) is 4.85. The summed E-state index contributed by atoms with van der Waals surface area (Å²) in [5, 5.41) is 9.79. The molecule has 0 unspecified atom stereocenters. The van der Waals surface area contributed by atoms with E-state index in [1.165, 1.54) is 32.1 Å². The maximum atomic E-state index is 9.79. The molecule has 1 aliphatic rings. The summed E-state index contributed by atoms with van der Waals surface area (Å²) >= 11 is 0. The highest BCUT2D eigenvalue weighted by atomic mass is 16.3. The normalized spacial score (nSPS) is 24.4. The van der Waals surface area contributed by atoms with Gasteiger partial charge in [0, 0.05) is 13.1 Å². The van der Waals surface area contributed by atoms with E-state index >= 15 is 0 Å². The van der Waals surface area contributed by atoms with E-state index in [2.05, 4.69) is 29.9 Å². The molecule has 0 radical (unpaired) electrons. The molecular formula is C17H28N2O. The van der Waals surface area contributed by atoms with E-state index in [1.54, 1.807) is 0 Å². The van der Waals surface area contributed by atoms with Gasteiger partial charge in [-0.25, -0.2) is 0 Å². The van der Waals surface area contributed by atoms with Crippen LogP contribution < -0.4 is 4.90 Å². The molecule has 1 aromatic heterocycles. The van der Waals surface area contributed by atoms with E-state index in [-0.39, 0.29) is 0 Å². The highest BCUT2D eigenvalue weighted by molar-refractivity contribution is 5.45. The number of rotatable bonds is 5. The van der Waals surface area contributed by atoms with Crippen molar-refractivity contribution in [1.82, 2.24) is 4.98 Å². The third-order valence-electron chi connectivity index (χ3n) is 4.85. The third kappa shape index (κ3) is 3.51. The summed E-state index contributed by atoms with van der Waals surface area (Å²) in [7, 11) is 2.17. The van der Waals surface area contributed by atoms with Crippen LogP contribution in [0.2, 0.25) is 0 Å². The number of nitrogens with zero attached hydrogens (tertiary/aromatic N) is 2. The number of aliphatic hydroxyl groups is 1. The van der Waals surface area contributed by atoms with Gasteiger partial charge >= 0.3 is 0 Å². The smallest absolute Gasteiger partial charge is 0.0957 e. The predicted molar refractivity (Wildman–Crippen MR) is 83.9 cm³/mol. The molecule has 3 heteroatoms. The molecule has 2 rings (SSSR count). The first-order chi connectivity index (χ1) is 9.65. The van der Waals surface area contributed by atoms with Gasteiger partial charge in [-0.2, -0.15) is 0 Å². The second-order valence-electron chi connectivity index (χ2n) is 6.06. The monoisotopic (exact) mass is 276 g/mol. The fourth-order valence-electron chi connectivity index (χ4n) is 3.16. The summed E-state index contributed by atoms with van der Waals surface area (Å²) in [4.78, 5) is 6.77. The fourth-order valence-corrected chi connectivity index (χ4v) is 3.16. The van der Waals surface area contributed by atoms with Crippen molar-refractivity contribution < 1.29 is 5.11 Å². The first-order valence-corrected chi connectivity index (χ1v) is 8.02. The largest absolute Gasteiger partial charge is 0.387 e. The van der Waals surface area contributed by atoms with Crippen LogP contribution in [0.15, 0.2) is 18.3 Å². The topological polar surface area (TPSA) is 36.4 Å². The summed E-state index contributed by atoms with van der Waals surface area (Å²) < 4.78 is 0. The van der Waals surface area contributed by atoms with Gasteiger partial charge in [-0.05, 0) is 50.2 Å². The second kappa shape index (κ2) is 7.07. The van der Waals surface area contributed by atoms with Gasteiger partial charge in [0.1, 0.15) is 0 Å². The average Bonchev–Trinajstić information content (AvgIpc) is 2.53. The van der Waals surface area contributed by atoms with Gasteiger partial charge < -0.3 is 10.0 Å². The first kappa shape index (κ1) is 15.3. The van der Waals surface area contributed by atoms with E-state index in [0.29, 0.717) is 12.5 Å². The number of hydrogen-bond acceptors (Lipinski definition) is 3. The zero-order chi connectivity index (χ0) is 14.5. The van der Waals surface area contributed by atoms with Gasteiger partial charge in [-0.15, -0.1) is 0 Å². The van der Waals surface area contributed by atoms with Crippen LogP contribution in [0.4, 0.5) is 5.69 Å². The molecule has 0 bridgehead atoms. The Bertz CT molecular complexity index is 396. The average molecular weight is 276 g/mol. The molecule has 1 atom stereocenters. The molecule has 112 valence electrons. The molecule has 20 heavy (non-hydrogen) atoms. The van der Waals surface area contributed by atoms with Crippen molar-refractivity contribution in [2.24, 2.45) is 5.92 Å². The van der Waals surface area contributed by atoms with Crippen molar-refractivity contribution in [3.63, 3.8) is 0 Å². The van der Waals surface area contributed by atoms with E-state index in [4.69, 9.17) is 0 Å². The summed E-state index contributed by atoms with van der Waals surface area (Å²) in [6, 6.07) is 4.69. The molecule has 0 spiro atoms. The van der Waals surface area contributed by atoms with Crippen LogP contribution in [0.3, 0.4) is 0 Å². The lowest BCUT2D eigenvalue weighted by atomic mass is 9.84. The predicted octanol–water partition coefficient (Wildman–Crippen LogP) is 3.93. The van der Waals surface area contributed by atoms with E-state index < -0.39 is 6.10 Å². The minimum atomic E-state index is -0.436. The lowest BCUT2D eigenvalue weighted by molar-refractivity contribution is 0.169. The highest BCUT2D eigenvalue weighted by Gasteiger charge is 2.23. The summed E-state index contributed by atoms with van der Waals surface area (Å²) in [6.07, 6.45) is 8.78. The molecule has 3 nitrogen and oxygen atoms in total. The fraction of sp³-hybridized carbons (Fsp3) is 0.706. The van der Waals surface area contributed by atoms with Crippen molar-refractivity contribution in [3.8, 4) is 0 Å². The lowest BCUT2D eigenvalue weighted by Gasteiger charge is -2.35. The van der Waals surface area contributed by atoms with E-state index in [1.807, 2.05) is 19.2 Å². The van der Waals surface area contributed by atoms with Gasteiger partial charge in [0.25, 0.3) is 0 Å². The quantitative estimate of drug-likeness (QED) is 0.885. The van der Waals surface area contributed by atoms with Crippen molar-refractivity contribution in [2.75, 3.05) is 11.9 Å². The van der Waals surface area contributed by atoms with E-state index in [9.17, 15) is 5.11 Å². The van der Waals surface area contributed by atoms with Crippen molar-refractivity contribution >= 4 is 5.69 Å². The van der Waals surface area contributed by atoms with Crippen LogP contribution >= 0.6 is 0 Å². The molecule has 0 aromatic carbocycles. The maximum Gasteiger partial charge on any atom is 0.0957 e. The minimum absolute atomic E-state index is 0.436. The van der Waals surface area contributed by atoms with Gasteiger partial charge in [0.05, 0.1) is 23.7 Å². The zero-order valence-electron chi connectivity index (χ0n) is 13.0. The SMILES string of the molecule is CCC1CCC(N(C)c2ccc([C@H](O)CC)nc2)CC1. The van der Waals surface area contributed by atoms with Crippen LogP contribution in [-0.4, -0.2) is 23.2 Å². The first-order valence-electron chi connectivity index (χ1n) is 8.02. The Morgan fingerprint density at radius 3 is 2.45 bits per heavy atom. The minimum Gasteiger partial charge on any atom is -0.387 e. The Hall–Kier alpha value is -1.09. The van der Waals surface area contributed by atoms with Gasteiger partial charge in [-0.1, -0.05) is 20.3 Å². The highest BCUT2D eigenvalue weighted by Crippen LogP contribution is 2.31. The molecule has 0 aliphatic heterocycles. The van der Waals surface area contributed by atoms with E-state index in [0.717, 1.165) is 17.3 Å². The van der Waals surface area contributed by atoms with Crippen molar-refractivity contribution in [3.05, 3.63) is 24.0 Å². The number of pyridine rings is 1. The molecule has 1 N–H and O–H groups in total. The summed E-state index contributed by atoms with van der Waals surface area (Å²) in [6.45, 7) is 4.27. The Kier molecular flexibility index (Phi) is 5.41.